The highest BCUT2D eigenvalue weighted by molar-refractivity contribution is 5.92. The van der Waals surface area contributed by atoms with Crippen molar-refractivity contribution >= 4 is 18.3 Å². The first-order valence-corrected chi connectivity index (χ1v) is 8.75. The molecule has 0 radical (unpaired) electrons. The summed E-state index contributed by atoms with van der Waals surface area (Å²) in [5, 5.41) is 7.75. The van der Waals surface area contributed by atoms with E-state index in [9.17, 15) is 4.79 Å². The third kappa shape index (κ3) is 4.61. The molecule has 1 aromatic heterocycles. The zero-order valence-electron chi connectivity index (χ0n) is 14.9. The van der Waals surface area contributed by atoms with Crippen LogP contribution < -0.4 is 5.32 Å². The van der Waals surface area contributed by atoms with E-state index in [1.807, 2.05) is 60.0 Å². The van der Waals surface area contributed by atoms with Gasteiger partial charge >= 0.3 is 0 Å². The largest absolute Gasteiger partial charge is 0.337 e. The number of para-hydroxylation sites is 1. The standard InChI is InChI=1S/C19H26N4O.ClH/c1-15-14-18(21-23(15)17-6-4-3-5-7-17)19(24)22-12-9-16(10-13-22)8-11-20-2;/h3-7,14,16,20H,8-13H2,1-2H3;1H. The van der Waals surface area contributed by atoms with Gasteiger partial charge in [0.25, 0.3) is 5.91 Å². The summed E-state index contributed by atoms with van der Waals surface area (Å²) >= 11 is 0. The van der Waals surface area contributed by atoms with Gasteiger partial charge in [-0.05, 0) is 63.9 Å². The molecule has 1 N–H and O–H groups in total. The maximum absolute atomic E-state index is 12.8. The lowest BCUT2D eigenvalue weighted by Crippen LogP contribution is -2.39. The Kier molecular flexibility index (Phi) is 7.02. The van der Waals surface area contributed by atoms with Gasteiger partial charge in [0.05, 0.1) is 5.69 Å². The lowest BCUT2D eigenvalue weighted by atomic mass is 9.93. The summed E-state index contributed by atoms with van der Waals surface area (Å²) in [6.45, 7) is 4.72. The average Bonchev–Trinajstić information content (AvgIpc) is 3.02. The number of nitrogens with zero attached hydrogens (tertiary/aromatic N) is 3. The Morgan fingerprint density at radius 3 is 2.56 bits per heavy atom. The van der Waals surface area contributed by atoms with Crippen molar-refractivity contribution < 1.29 is 4.79 Å². The number of carbonyl (C=O) groups excluding carboxylic acids is 1. The Morgan fingerprint density at radius 1 is 1.24 bits per heavy atom. The molecule has 2 aromatic rings. The maximum atomic E-state index is 12.8. The minimum absolute atomic E-state index is 0. The number of piperidine rings is 1. The molecule has 1 saturated heterocycles. The smallest absolute Gasteiger partial charge is 0.274 e. The van der Waals surface area contributed by atoms with Gasteiger partial charge in [0.2, 0.25) is 0 Å². The van der Waals surface area contributed by atoms with Crippen LogP contribution in [0.15, 0.2) is 36.4 Å². The van der Waals surface area contributed by atoms with Gasteiger partial charge in [-0.25, -0.2) is 4.68 Å². The van der Waals surface area contributed by atoms with Crippen LogP contribution in [0.1, 0.15) is 35.4 Å². The van der Waals surface area contributed by atoms with Crippen molar-refractivity contribution in [2.45, 2.75) is 26.2 Å². The number of amides is 1. The molecule has 1 amide bonds. The van der Waals surface area contributed by atoms with Gasteiger partial charge in [0, 0.05) is 18.8 Å². The number of rotatable bonds is 5. The molecule has 5 nitrogen and oxygen atoms in total. The molecule has 3 rings (SSSR count). The first kappa shape index (κ1) is 19.5. The maximum Gasteiger partial charge on any atom is 0.274 e. The molecule has 6 heteroatoms. The molecule has 0 saturated carbocycles. The number of halogens is 1. The molecule has 0 spiro atoms. The highest BCUT2D eigenvalue weighted by Gasteiger charge is 2.25. The van der Waals surface area contributed by atoms with Crippen molar-refractivity contribution in [1.29, 1.82) is 0 Å². The second-order valence-electron chi connectivity index (χ2n) is 6.55. The molecule has 1 aromatic carbocycles. The van der Waals surface area contributed by atoms with Crippen molar-refractivity contribution in [1.82, 2.24) is 20.0 Å². The van der Waals surface area contributed by atoms with Crippen LogP contribution in [-0.2, 0) is 0 Å². The van der Waals surface area contributed by atoms with Gasteiger partial charge in [-0.2, -0.15) is 5.10 Å². The summed E-state index contributed by atoms with van der Waals surface area (Å²) < 4.78 is 1.84. The Balaban J connectivity index is 0.00000225. The van der Waals surface area contributed by atoms with Crippen LogP contribution in [-0.4, -0.2) is 47.3 Å². The predicted molar refractivity (Wildman–Crippen MR) is 103 cm³/mol. The molecular formula is C19H27ClN4O. The lowest BCUT2D eigenvalue weighted by Gasteiger charge is -2.31. The highest BCUT2D eigenvalue weighted by Crippen LogP contribution is 2.22. The van der Waals surface area contributed by atoms with Gasteiger partial charge in [-0.15, -0.1) is 12.4 Å². The van der Waals surface area contributed by atoms with Gasteiger partial charge in [-0.1, -0.05) is 18.2 Å². The second-order valence-corrected chi connectivity index (χ2v) is 6.55. The molecule has 0 bridgehead atoms. The number of benzene rings is 1. The van der Waals surface area contributed by atoms with Gasteiger partial charge in [-0.3, -0.25) is 4.79 Å². The normalized spacial score (nSPS) is 15.0. The van der Waals surface area contributed by atoms with Crippen LogP contribution in [0.4, 0.5) is 0 Å². The summed E-state index contributed by atoms with van der Waals surface area (Å²) in [4.78, 5) is 14.7. The quantitative estimate of drug-likeness (QED) is 0.889. The van der Waals surface area contributed by atoms with Crippen LogP contribution in [0.2, 0.25) is 0 Å². The number of hydrogen-bond donors (Lipinski definition) is 1. The Morgan fingerprint density at radius 2 is 1.92 bits per heavy atom. The summed E-state index contributed by atoms with van der Waals surface area (Å²) in [6, 6.07) is 11.8. The Hall–Kier alpha value is -1.85. The van der Waals surface area contributed by atoms with E-state index >= 15 is 0 Å². The van der Waals surface area contributed by atoms with E-state index in [1.165, 1.54) is 6.42 Å². The fraction of sp³-hybridized carbons (Fsp3) is 0.474. The third-order valence-corrected chi connectivity index (χ3v) is 4.81. The fourth-order valence-corrected chi connectivity index (χ4v) is 3.34. The molecule has 1 aliphatic rings. The molecule has 136 valence electrons. The van der Waals surface area contributed by atoms with Gasteiger partial charge in [0.15, 0.2) is 5.69 Å². The summed E-state index contributed by atoms with van der Waals surface area (Å²) in [6.07, 6.45) is 3.37. The highest BCUT2D eigenvalue weighted by atomic mass is 35.5. The third-order valence-electron chi connectivity index (χ3n) is 4.81. The van der Waals surface area contributed by atoms with E-state index in [0.717, 1.165) is 49.8 Å². The van der Waals surface area contributed by atoms with E-state index in [0.29, 0.717) is 5.69 Å². The van der Waals surface area contributed by atoms with Crippen LogP contribution in [0.25, 0.3) is 5.69 Å². The van der Waals surface area contributed by atoms with Crippen molar-refractivity contribution in [3.63, 3.8) is 0 Å². The first-order valence-electron chi connectivity index (χ1n) is 8.75. The number of aromatic nitrogens is 2. The van der Waals surface area contributed by atoms with Crippen molar-refractivity contribution in [3.8, 4) is 5.69 Å². The molecule has 2 heterocycles. The fourth-order valence-electron chi connectivity index (χ4n) is 3.34. The Bertz CT molecular complexity index is 678. The summed E-state index contributed by atoms with van der Waals surface area (Å²) in [5.41, 5.74) is 2.51. The van der Waals surface area contributed by atoms with Crippen molar-refractivity contribution in [3.05, 3.63) is 47.8 Å². The van der Waals surface area contributed by atoms with E-state index in [4.69, 9.17) is 0 Å². The predicted octanol–water partition coefficient (Wildman–Crippen LogP) is 3.06. The lowest BCUT2D eigenvalue weighted by molar-refractivity contribution is 0.0680. The zero-order valence-corrected chi connectivity index (χ0v) is 15.8. The van der Waals surface area contributed by atoms with E-state index < -0.39 is 0 Å². The van der Waals surface area contributed by atoms with Crippen LogP contribution >= 0.6 is 12.4 Å². The van der Waals surface area contributed by atoms with Crippen LogP contribution in [0.3, 0.4) is 0 Å². The number of carbonyl (C=O) groups is 1. The number of aryl methyl sites for hydroxylation is 1. The molecular weight excluding hydrogens is 336 g/mol. The van der Waals surface area contributed by atoms with Gasteiger partial charge in [0.1, 0.15) is 0 Å². The molecule has 0 aliphatic carbocycles. The van der Waals surface area contributed by atoms with E-state index in [-0.39, 0.29) is 18.3 Å². The summed E-state index contributed by atoms with van der Waals surface area (Å²) in [5.74, 6) is 0.782. The number of nitrogens with one attached hydrogen (secondary N) is 1. The van der Waals surface area contributed by atoms with E-state index in [1.54, 1.807) is 0 Å². The number of hydrogen-bond acceptors (Lipinski definition) is 3. The SMILES string of the molecule is CNCCC1CCN(C(=O)c2cc(C)n(-c3ccccc3)n2)CC1.Cl. The minimum Gasteiger partial charge on any atom is -0.337 e. The molecule has 1 aliphatic heterocycles. The Labute approximate surface area is 155 Å². The second kappa shape index (κ2) is 9.02. The van der Waals surface area contributed by atoms with E-state index in [2.05, 4.69) is 10.4 Å². The summed E-state index contributed by atoms with van der Waals surface area (Å²) in [7, 11) is 1.99. The van der Waals surface area contributed by atoms with Crippen LogP contribution in [0, 0.1) is 12.8 Å². The first-order chi connectivity index (χ1) is 11.7. The minimum atomic E-state index is 0. The topological polar surface area (TPSA) is 50.2 Å². The molecule has 25 heavy (non-hydrogen) atoms. The van der Waals surface area contributed by atoms with Crippen molar-refractivity contribution in [2.24, 2.45) is 5.92 Å². The molecule has 1 fully saturated rings. The number of likely N-dealkylation sites (tertiary alicyclic amines) is 1. The van der Waals surface area contributed by atoms with Crippen LogP contribution in [0.5, 0.6) is 0 Å². The monoisotopic (exact) mass is 362 g/mol. The average molecular weight is 363 g/mol. The molecule has 0 unspecified atom stereocenters. The van der Waals surface area contributed by atoms with Gasteiger partial charge < -0.3 is 10.2 Å². The zero-order chi connectivity index (χ0) is 16.9. The molecule has 0 atom stereocenters. The van der Waals surface area contributed by atoms with Crippen molar-refractivity contribution in [2.75, 3.05) is 26.7 Å².